The molecule has 1 heterocycles. The van der Waals surface area contributed by atoms with Gasteiger partial charge in [-0.3, -0.25) is 9.59 Å². The fourth-order valence-electron chi connectivity index (χ4n) is 3.97. The summed E-state index contributed by atoms with van der Waals surface area (Å²) < 4.78 is 38.0. The molecule has 7 heteroatoms. The van der Waals surface area contributed by atoms with Gasteiger partial charge in [0.2, 0.25) is 5.91 Å². The van der Waals surface area contributed by atoms with Gasteiger partial charge in [-0.15, -0.1) is 0 Å². The van der Waals surface area contributed by atoms with Gasteiger partial charge in [-0.1, -0.05) is 39.0 Å². The van der Waals surface area contributed by atoms with E-state index in [1.54, 1.807) is 4.90 Å². The SMILES string of the molecule is CCCC1CCN(C(=O)C2(NC(=O)C(F)(F)F)CCCCC2)CC1. The van der Waals surface area contributed by atoms with Crippen LogP contribution in [0.5, 0.6) is 0 Å². The Bertz CT molecular complexity index is 451. The van der Waals surface area contributed by atoms with Crippen LogP contribution in [0.1, 0.15) is 64.7 Å². The molecule has 24 heavy (non-hydrogen) atoms. The number of halogens is 3. The Balaban J connectivity index is 2.07. The number of hydrogen-bond acceptors (Lipinski definition) is 2. The van der Waals surface area contributed by atoms with Crippen LogP contribution in [0.25, 0.3) is 0 Å². The number of amides is 2. The van der Waals surface area contributed by atoms with E-state index in [4.69, 9.17) is 0 Å². The van der Waals surface area contributed by atoms with Gasteiger partial charge in [-0.2, -0.15) is 13.2 Å². The molecular weight excluding hydrogens is 321 g/mol. The maximum absolute atomic E-state index is 12.9. The van der Waals surface area contributed by atoms with Crippen molar-refractivity contribution in [3.8, 4) is 0 Å². The Kier molecular flexibility index (Phi) is 6.15. The van der Waals surface area contributed by atoms with Gasteiger partial charge < -0.3 is 10.2 Å². The van der Waals surface area contributed by atoms with Crippen LogP contribution in [-0.4, -0.2) is 41.5 Å². The Hall–Kier alpha value is -1.27. The molecule has 1 aliphatic heterocycles. The van der Waals surface area contributed by atoms with Crippen molar-refractivity contribution in [3.05, 3.63) is 0 Å². The van der Waals surface area contributed by atoms with Gasteiger partial charge in [0, 0.05) is 13.1 Å². The molecule has 1 aliphatic carbocycles. The van der Waals surface area contributed by atoms with Crippen LogP contribution in [0, 0.1) is 5.92 Å². The van der Waals surface area contributed by atoms with E-state index >= 15 is 0 Å². The maximum atomic E-state index is 12.9. The second-order valence-electron chi connectivity index (χ2n) is 7.12. The summed E-state index contributed by atoms with van der Waals surface area (Å²) in [7, 11) is 0. The molecule has 2 aliphatic rings. The second kappa shape index (κ2) is 7.74. The van der Waals surface area contributed by atoms with Crippen LogP contribution < -0.4 is 5.32 Å². The molecular formula is C17H27F3N2O2. The smallest absolute Gasteiger partial charge is 0.341 e. The molecule has 0 radical (unpaired) electrons. The van der Waals surface area contributed by atoms with E-state index in [1.807, 2.05) is 0 Å². The van der Waals surface area contributed by atoms with Crippen LogP contribution in [0.3, 0.4) is 0 Å². The predicted octanol–water partition coefficient (Wildman–Crippen LogP) is 3.41. The summed E-state index contributed by atoms with van der Waals surface area (Å²) in [6.45, 7) is 3.28. The van der Waals surface area contributed by atoms with Crippen molar-refractivity contribution in [1.29, 1.82) is 0 Å². The number of nitrogens with zero attached hydrogens (tertiary/aromatic N) is 1. The summed E-state index contributed by atoms with van der Waals surface area (Å²) in [6, 6.07) is 0. The van der Waals surface area contributed by atoms with Crippen molar-refractivity contribution >= 4 is 11.8 Å². The van der Waals surface area contributed by atoms with Crippen molar-refractivity contribution < 1.29 is 22.8 Å². The van der Waals surface area contributed by atoms with Crippen LogP contribution in [0.15, 0.2) is 0 Å². The first-order chi connectivity index (χ1) is 11.3. The molecule has 0 aromatic heterocycles. The van der Waals surface area contributed by atoms with Gasteiger partial charge >= 0.3 is 12.1 Å². The van der Waals surface area contributed by atoms with E-state index in [2.05, 4.69) is 12.2 Å². The molecule has 2 amide bonds. The molecule has 1 saturated heterocycles. The summed E-state index contributed by atoms with van der Waals surface area (Å²) in [4.78, 5) is 26.1. The minimum Gasteiger partial charge on any atom is -0.341 e. The Morgan fingerprint density at radius 3 is 2.21 bits per heavy atom. The highest BCUT2D eigenvalue weighted by Gasteiger charge is 2.49. The topological polar surface area (TPSA) is 49.4 Å². The van der Waals surface area contributed by atoms with E-state index < -0.39 is 17.6 Å². The highest BCUT2D eigenvalue weighted by atomic mass is 19.4. The van der Waals surface area contributed by atoms with Crippen LogP contribution in [0.2, 0.25) is 0 Å². The van der Waals surface area contributed by atoms with E-state index in [-0.39, 0.29) is 5.91 Å². The van der Waals surface area contributed by atoms with Gasteiger partial charge in [0.05, 0.1) is 0 Å². The van der Waals surface area contributed by atoms with Gasteiger partial charge in [-0.05, 0) is 31.6 Å². The molecule has 0 bridgehead atoms. The first-order valence-electron chi connectivity index (χ1n) is 8.97. The monoisotopic (exact) mass is 348 g/mol. The van der Waals surface area contributed by atoms with Gasteiger partial charge in [-0.25, -0.2) is 0 Å². The molecule has 0 aromatic carbocycles. The number of likely N-dealkylation sites (tertiary alicyclic amines) is 1. The summed E-state index contributed by atoms with van der Waals surface area (Å²) in [5.74, 6) is -1.74. The lowest BCUT2D eigenvalue weighted by Gasteiger charge is -2.42. The fourth-order valence-corrected chi connectivity index (χ4v) is 3.97. The van der Waals surface area contributed by atoms with E-state index in [0.29, 0.717) is 44.7 Å². The molecule has 0 aromatic rings. The molecule has 4 nitrogen and oxygen atoms in total. The first kappa shape index (κ1) is 19.1. The normalized spacial score (nSPS) is 22.2. The van der Waals surface area contributed by atoms with E-state index in [0.717, 1.165) is 32.1 Å². The molecule has 138 valence electrons. The number of carbonyl (C=O) groups is 2. The number of hydrogen-bond donors (Lipinski definition) is 1. The molecule has 2 fully saturated rings. The van der Waals surface area contributed by atoms with E-state index in [1.165, 1.54) is 0 Å². The lowest BCUT2D eigenvalue weighted by atomic mass is 9.79. The summed E-state index contributed by atoms with van der Waals surface area (Å²) in [5.41, 5.74) is -1.37. The van der Waals surface area contributed by atoms with Crippen molar-refractivity contribution in [1.82, 2.24) is 10.2 Å². The van der Waals surface area contributed by atoms with Crippen molar-refractivity contribution in [2.75, 3.05) is 13.1 Å². The molecule has 1 N–H and O–H groups in total. The minimum absolute atomic E-state index is 0.294. The molecule has 2 rings (SSSR count). The third-order valence-electron chi connectivity index (χ3n) is 5.33. The first-order valence-corrected chi connectivity index (χ1v) is 8.97. The minimum atomic E-state index is -4.96. The van der Waals surface area contributed by atoms with Gasteiger partial charge in [0.1, 0.15) is 5.54 Å². The Labute approximate surface area is 141 Å². The lowest BCUT2D eigenvalue weighted by molar-refractivity contribution is -0.177. The zero-order valence-electron chi connectivity index (χ0n) is 14.3. The number of nitrogens with one attached hydrogen (secondary N) is 1. The third-order valence-corrected chi connectivity index (χ3v) is 5.33. The molecule has 0 spiro atoms. The van der Waals surface area contributed by atoms with Crippen molar-refractivity contribution in [2.24, 2.45) is 5.92 Å². The van der Waals surface area contributed by atoms with Crippen molar-refractivity contribution in [3.63, 3.8) is 0 Å². The Morgan fingerprint density at radius 1 is 1.12 bits per heavy atom. The highest BCUT2D eigenvalue weighted by Crippen LogP contribution is 2.33. The number of carbonyl (C=O) groups excluding carboxylic acids is 2. The van der Waals surface area contributed by atoms with Crippen LogP contribution >= 0.6 is 0 Å². The molecule has 0 unspecified atom stereocenters. The summed E-state index contributed by atoms with van der Waals surface area (Å²) in [6.07, 6.45) is 1.85. The third kappa shape index (κ3) is 4.42. The number of rotatable bonds is 4. The zero-order valence-corrected chi connectivity index (χ0v) is 14.3. The Morgan fingerprint density at radius 2 is 1.71 bits per heavy atom. The van der Waals surface area contributed by atoms with Gasteiger partial charge in [0.15, 0.2) is 0 Å². The van der Waals surface area contributed by atoms with Crippen LogP contribution in [-0.2, 0) is 9.59 Å². The summed E-state index contributed by atoms with van der Waals surface area (Å²) >= 11 is 0. The molecule has 0 atom stereocenters. The quantitative estimate of drug-likeness (QED) is 0.846. The highest BCUT2D eigenvalue weighted by molar-refractivity contribution is 5.93. The fraction of sp³-hybridized carbons (Fsp3) is 0.882. The van der Waals surface area contributed by atoms with Gasteiger partial charge in [0.25, 0.3) is 0 Å². The summed E-state index contributed by atoms with van der Waals surface area (Å²) in [5, 5.41) is 2.05. The number of piperidine rings is 1. The van der Waals surface area contributed by atoms with Crippen LogP contribution in [0.4, 0.5) is 13.2 Å². The second-order valence-corrected chi connectivity index (χ2v) is 7.12. The average molecular weight is 348 g/mol. The average Bonchev–Trinajstić information content (AvgIpc) is 2.55. The number of alkyl halides is 3. The van der Waals surface area contributed by atoms with Crippen molar-refractivity contribution in [2.45, 2.75) is 76.4 Å². The maximum Gasteiger partial charge on any atom is 0.471 e. The zero-order chi connectivity index (χ0) is 17.8. The lowest BCUT2D eigenvalue weighted by Crippen LogP contribution is -2.63. The molecule has 1 saturated carbocycles. The van der Waals surface area contributed by atoms with E-state index in [9.17, 15) is 22.8 Å². The predicted molar refractivity (Wildman–Crippen MR) is 84.2 cm³/mol. The largest absolute Gasteiger partial charge is 0.471 e. The standard InChI is InChI=1S/C17H27F3N2O2/c1-2-6-13-7-11-22(12-8-13)15(24)16(9-4-3-5-10-16)21-14(23)17(18,19)20/h13H,2-12H2,1H3,(H,21,23).